The highest BCUT2D eigenvalue weighted by Gasteiger charge is 2.36. The predicted molar refractivity (Wildman–Crippen MR) is 61.5 cm³/mol. The van der Waals surface area contributed by atoms with Crippen LogP contribution in [0.2, 0.25) is 0 Å². The fourth-order valence-corrected chi connectivity index (χ4v) is 3.09. The summed E-state index contributed by atoms with van der Waals surface area (Å²) in [6, 6.07) is 0. The van der Waals surface area contributed by atoms with Crippen LogP contribution in [0.25, 0.3) is 0 Å². The average molecular weight is 209 g/mol. The maximum absolute atomic E-state index is 11.9. The molecule has 0 spiro atoms. The Kier molecular flexibility index (Phi) is 3.32. The Balaban J connectivity index is 1.88. The molecular formula is C13H23NO. The zero-order chi connectivity index (χ0) is 10.8. The van der Waals surface area contributed by atoms with Crippen molar-refractivity contribution >= 4 is 5.91 Å². The van der Waals surface area contributed by atoms with Crippen molar-refractivity contribution in [3.8, 4) is 0 Å². The molecule has 2 unspecified atom stereocenters. The van der Waals surface area contributed by atoms with Gasteiger partial charge in [0.2, 0.25) is 5.91 Å². The van der Waals surface area contributed by atoms with Gasteiger partial charge >= 0.3 is 0 Å². The molecule has 0 N–H and O–H groups in total. The molecule has 2 heteroatoms. The molecule has 2 fully saturated rings. The second-order valence-electron chi connectivity index (χ2n) is 5.70. The van der Waals surface area contributed by atoms with Gasteiger partial charge in [-0.15, -0.1) is 0 Å². The van der Waals surface area contributed by atoms with E-state index in [4.69, 9.17) is 0 Å². The summed E-state index contributed by atoms with van der Waals surface area (Å²) >= 11 is 0. The van der Waals surface area contributed by atoms with Crippen molar-refractivity contribution in [3.05, 3.63) is 0 Å². The summed E-state index contributed by atoms with van der Waals surface area (Å²) in [6.45, 7) is 6.36. The molecule has 1 amide bonds. The second-order valence-corrected chi connectivity index (χ2v) is 5.70. The van der Waals surface area contributed by atoms with Crippen LogP contribution in [0.5, 0.6) is 0 Å². The third-order valence-corrected chi connectivity index (χ3v) is 3.91. The van der Waals surface area contributed by atoms with Gasteiger partial charge in [-0.1, -0.05) is 26.7 Å². The molecule has 1 aliphatic heterocycles. The quantitative estimate of drug-likeness (QED) is 0.684. The van der Waals surface area contributed by atoms with Gasteiger partial charge in [-0.25, -0.2) is 0 Å². The van der Waals surface area contributed by atoms with Crippen LogP contribution in [0.3, 0.4) is 0 Å². The number of likely N-dealkylation sites (tertiary alicyclic amines) is 1. The third-order valence-electron chi connectivity index (χ3n) is 3.91. The Labute approximate surface area is 93.0 Å². The van der Waals surface area contributed by atoms with E-state index in [0.29, 0.717) is 11.8 Å². The van der Waals surface area contributed by atoms with Gasteiger partial charge in [-0.3, -0.25) is 4.79 Å². The lowest BCUT2D eigenvalue weighted by atomic mass is 9.82. The summed E-state index contributed by atoms with van der Waals surface area (Å²) in [4.78, 5) is 14.1. The van der Waals surface area contributed by atoms with Crippen LogP contribution in [0.1, 0.15) is 46.0 Å². The maximum Gasteiger partial charge on any atom is 0.222 e. The van der Waals surface area contributed by atoms with Crippen molar-refractivity contribution < 1.29 is 4.79 Å². The number of hydrogen-bond donors (Lipinski definition) is 0. The lowest BCUT2D eigenvalue weighted by molar-refractivity contribution is -0.131. The zero-order valence-electron chi connectivity index (χ0n) is 10.0. The van der Waals surface area contributed by atoms with E-state index < -0.39 is 0 Å². The minimum absolute atomic E-state index is 0.388. The van der Waals surface area contributed by atoms with Crippen molar-refractivity contribution in [2.75, 3.05) is 13.1 Å². The van der Waals surface area contributed by atoms with Crippen LogP contribution < -0.4 is 0 Å². The van der Waals surface area contributed by atoms with E-state index in [1.54, 1.807) is 0 Å². The zero-order valence-corrected chi connectivity index (χ0v) is 10.0. The maximum atomic E-state index is 11.9. The molecule has 2 atom stereocenters. The first kappa shape index (κ1) is 11.0. The van der Waals surface area contributed by atoms with Crippen LogP contribution in [-0.2, 0) is 4.79 Å². The lowest BCUT2D eigenvalue weighted by Crippen LogP contribution is -2.29. The summed E-state index contributed by atoms with van der Waals surface area (Å²) in [6.07, 6.45) is 6.21. The molecule has 86 valence electrons. The first-order valence-corrected chi connectivity index (χ1v) is 6.44. The predicted octanol–water partition coefficient (Wildman–Crippen LogP) is 2.68. The van der Waals surface area contributed by atoms with Crippen molar-refractivity contribution in [2.24, 2.45) is 17.8 Å². The molecule has 1 saturated heterocycles. The summed E-state index contributed by atoms with van der Waals surface area (Å²) < 4.78 is 0. The van der Waals surface area contributed by atoms with E-state index in [-0.39, 0.29) is 0 Å². The normalized spacial score (nSPS) is 30.7. The Morgan fingerprint density at radius 3 is 2.20 bits per heavy atom. The van der Waals surface area contributed by atoms with Crippen molar-refractivity contribution in [1.82, 2.24) is 4.90 Å². The van der Waals surface area contributed by atoms with Gasteiger partial charge in [0.15, 0.2) is 0 Å². The molecule has 0 aromatic rings. The fourth-order valence-electron chi connectivity index (χ4n) is 3.09. The van der Waals surface area contributed by atoms with E-state index in [1.165, 1.54) is 25.7 Å². The highest BCUT2D eigenvalue weighted by molar-refractivity contribution is 5.76. The number of nitrogens with zero attached hydrogens (tertiary/aromatic N) is 1. The van der Waals surface area contributed by atoms with Crippen LogP contribution in [0.4, 0.5) is 0 Å². The molecule has 2 rings (SSSR count). The number of rotatable bonds is 2. The van der Waals surface area contributed by atoms with E-state index >= 15 is 0 Å². The summed E-state index contributed by atoms with van der Waals surface area (Å²) in [7, 11) is 0. The Hall–Kier alpha value is -0.530. The summed E-state index contributed by atoms with van der Waals surface area (Å²) in [5, 5.41) is 0. The van der Waals surface area contributed by atoms with E-state index in [2.05, 4.69) is 18.7 Å². The topological polar surface area (TPSA) is 20.3 Å². The summed E-state index contributed by atoms with van der Waals surface area (Å²) in [5.74, 6) is 2.55. The molecule has 1 heterocycles. The van der Waals surface area contributed by atoms with Gasteiger partial charge in [-0.05, 0) is 30.6 Å². The number of amides is 1. The highest BCUT2D eigenvalue weighted by Crippen LogP contribution is 2.36. The average Bonchev–Trinajstić information content (AvgIpc) is 2.59. The van der Waals surface area contributed by atoms with E-state index in [1.807, 2.05) is 0 Å². The monoisotopic (exact) mass is 209 g/mol. The third kappa shape index (κ3) is 2.53. The first-order chi connectivity index (χ1) is 7.16. The van der Waals surface area contributed by atoms with Gasteiger partial charge in [0.1, 0.15) is 0 Å². The number of hydrogen-bond acceptors (Lipinski definition) is 1. The number of fused-ring (bicyclic) bond motifs is 1. The minimum Gasteiger partial charge on any atom is -0.342 e. The summed E-state index contributed by atoms with van der Waals surface area (Å²) in [5.41, 5.74) is 0. The molecule has 15 heavy (non-hydrogen) atoms. The molecule has 1 aliphatic carbocycles. The van der Waals surface area contributed by atoms with E-state index in [0.717, 1.165) is 31.3 Å². The van der Waals surface area contributed by atoms with Gasteiger partial charge < -0.3 is 4.90 Å². The van der Waals surface area contributed by atoms with Gasteiger partial charge in [0.05, 0.1) is 0 Å². The molecule has 0 aromatic carbocycles. The van der Waals surface area contributed by atoms with E-state index in [9.17, 15) is 4.79 Å². The largest absolute Gasteiger partial charge is 0.342 e. The molecule has 0 aromatic heterocycles. The second kappa shape index (κ2) is 4.54. The number of carbonyl (C=O) groups excluding carboxylic acids is 1. The molecule has 1 saturated carbocycles. The van der Waals surface area contributed by atoms with Gasteiger partial charge in [0, 0.05) is 19.5 Å². The molecular weight excluding hydrogens is 186 g/mol. The molecule has 2 nitrogen and oxygen atoms in total. The van der Waals surface area contributed by atoms with Crippen molar-refractivity contribution in [2.45, 2.75) is 46.0 Å². The standard InChI is InChI=1S/C13H23NO/c1-10(2)7-13(15)14-8-11-5-3-4-6-12(11)9-14/h10-12H,3-9H2,1-2H3. The Morgan fingerprint density at radius 1 is 1.20 bits per heavy atom. The fraction of sp³-hybridized carbons (Fsp3) is 0.923. The Morgan fingerprint density at radius 2 is 1.73 bits per heavy atom. The van der Waals surface area contributed by atoms with Crippen LogP contribution >= 0.6 is 0 Å². The highest BCUT2D eigenvalue weighted by atomic mass is 16.2. The number of carbonyl (C=O) groups is 1. The van der Waals surface area contributed by atoms with Crippen LogP contribution in [0.15, 0.2) is 0 Å². The van der Waals surface area contributed by atoms with Gasteiger partial charge in [0.25, 0.3) is 0 Å². The minimum atomic E-state index is 0.388. The van der Waals surface area contributed by atoms with Crippen LogP contribution in [0, 0.1) is 17.8 Å². The SMILES string of the molecule is CC(C)CC(=O)N1CC2CCCCC2C1. The van der Waals surface area contributed by atoms with Gasteiger partial charge in [-0.2, -0.15) is 0 Å². The molecule has 0 bridgehead atoms. The van der Waals surface area contributed by atoms with Crippen LogP contribution in [-0.4, -0.2) is 23.9 Å². The lowest BCUT2D eigenvalue weighted by Gasteiger charge is -2.22. The van der Waals surface area contributed by atoms with Crippen molar-refractivity contribution in [3.63, 3.8) is 0 Å². The molecule has 2 aliphatic rings. The molecule has 0 radical (unpaired) electrons. The first-order valence-electron chi connectivity index (χ1n) is 6.44. The van der Waals surface area contributed by atoms with Crippen molar-refractivity contribution in [1.29, 1.82) is 0 Å². The smallest absolute Gasteiger partial charge is 0.222 e. The Bertz CT molecular complexity index is 223.